The second-order valence-corrected chi connectivity index (χ2v) is 1.95. The number of nitrogens with one attached hydrogen (secondary N) is 1. The van der Waals surface area contributed by atoms with Gasteiger partial charge in [-0.3, -0.25) is 0 Å². The van der Waals surface area contributed by atoms with Gasteiger partial charge in [0.05, 0.1) is 6.61 Å². The van der Waals surface area contributed by atoms with E-state index in [1.54, 1.807) is 7.11 Å². The zero-order chi connectivity index (χ0) is 7.11. The van der Waals surface area contributed by atoms with E-state index in [9.17, 15) is 0 Å². The van der Waals surface area contributed by atoms with Crippen molar-refractivity contribution < 1.29 is 9.84 Å². The van der Waals surface area contributed by atoms with Gasteiger partial charge in [-0.05, 0) is 13.5 Å². The first-order valence-electron chi connectivity index (χ1n) is 3.12. The van der Waals surface area contributed by atoms with Crippen molar-refractivity contribution in [3.8, 4) is 0 Å². The fourth-order valence-electron chi connectivity index (χ4n) is 0.668. The summed E-state index contributed by atoms with van der Waals surface area (Å²) in [6.45, 7) is 0.881. The zero-order valence-electron chi connectivity index (χ0n) is 6.05. The lowest BCUT2D eigenvalue weighted by Crippen LogP contribution is -2.30. The number of likely N-dealkylation sites (N-methyl/N-ethyl adjacent to an activating group) is 1. The maximum absolute atomic E-state index is 8.50. The van der Waals surface area contributed by atoms with Gasteiger partial charge in [0, 0.05) is 19.8 Å². The Bertz CT molecular complexity index is 53.0. The molecule has 56 valence electrons. The van der Waals surface area contributed by atoms with Crippen LogP contribution in [0, 0.1) is 0 Å². The topological polar surface area (TPSA) is 41.5 Å². The summed E-state index contributed by atoms with van der Waals surface area (Å²) in [5.74, 6) is 0. The van der Waals surface area contributed by atoms with Crippen LogP contribution in [-0.4, -0.2) is 38.5 Å². The predicted molar refractivity (Wildman–Crippen MR) is 36.4 cm³/mol. The van der Waals surface area contributed by atoms with Crippen LogP contribution in [0.3, 0.4) is 0 Å². The minimum atomic E-state index is 0.217. The average molecular weight is 133 g/mol. The van der Waals surface area contributed by atoms with Gasteiger partial charge in [0.2, 0.25) is 0 Å². The molecule has 0 aromatic heterocycles. The van der Waals surface area contributed by atoms with Crippen LogP contribution in [0.25, 0.3) is 0 Å². The van der Waals surface area contributed by atoms with Gasteiger partial charge in [-0.1, -0.05) is 0 Å². The summed E-state index contributed by atoms with van der Waals surface area (Å²) in [5.41, 5.74) is 0. The standard InChI is InChI=1S/C6H15NO2/c1-7-6(3-4-8)5-9-2/h6-8H,3-5H2,1-2H3/t6-/m0/s1. The zero-order valence-corrected chi connectivity index (χ0v) is 6.05. The molecule has 2 N–H and O–H groups in total. The summed E-state index contributed by atoms with van der Waals surface area (Å²) in [6, 6.07) is 0.292. The van der Waals surface area contributed by atoms with Crippen LogP contribution in [0.4, 0.5) is 0 Å². The smallest absolute Gasteiger partial charge is 0.0616 e. The van der Waals surface area contributed by atoms with Gasteiger partial charge in [-0.2, -0.15) is 0 Å². The summed E-state index contributed by atoms with van der Waals surface area (Å²) in [6.07, 6.45) is 0.754. The number of hydrogen-bond donors (Lipinski definition) is 2. The van der Waals surface area contributed by atoms with E-state index in [0.29, 0.717) is 12.6 Å². The number of rotatable bonds is 5. The third-order valence-electron chi connectivity index (χ3n) is 1.25. The Balaban J connectivity index is 3.18. The Morgan fingerprint density at radius 2 is 2.33 bits per heavy atom. The average Bonchev–Trinajstić information content (AvgIpc) is 1.88. The van der Waals surface area contributed by atoms with E-state index >= 15 is 0 Å². The Morgan fingerprint density at radius 3 is 2.67 bits per heavy atom. The van der Waals surface area contributed by atoms with Crippen molar-refractivity contribution in [1.82, 2.24) is 5.32 Å². The molecule has 0 rings (SSSR count). The van der Waals surface area contributed by atoms with E-state index in [4.69, 9.17) is 9.84 Å². The van der Waals surface area contributed by atoms with Crippen molar-refractivity contribution >= 4 is 0 Å². The summed E-state index contributed by atoms with van der Waals surface area (Å²) in [5, 5.41) is 11.5. The largest absolute Gasteiger partial charge is 0.396 e. The number of methoxy groups -OCH3 is 1. The maximum atomic E-state index is 8.50. The Kier molecular flexibility index (Phi) is 5.93. The van der Waals surface area contributed by atoms with Crippen LogP contribution in [0.5, 0.6) is 0 Å². The Morgan fingerprint density at radius 1 is 1.67 bits per heavy atom. The van der Waals surface area contributed by atoms with E-state index in [0.717, 1.165) is 6.42 Å². The maximum Gasteiger partial charge on any atom is 0.0616 e. The first-order valence-corrected chi connectivity index (χ1v) is 3.12. The van der Waals surface area contributed by atoms with E-state index in [1.807, 2.05) is 7.05 Å². The van der Waals surface area contributed by atoms with Crippen LogP contribution >= 0.6 is 0 Å². The summed E-state index contributed by atoms with van der Waals surface area (Å²) >= 11 is 0. The van der Waals surface area contributed by atoms with Gasteiger partial charge in [0.15, 0.2) is 0 Å². The summed E-state index contributed by atoms with van der Waals surface area (Å²) < 4.78 is 4.87. The highest BCUT2D eigenvalue weighted by molar-refractivity contribution is 4.61. The van der Waals surface area contributed by atoms with Gasteiger partial charge < -0.3 is 15.2 Å². The molecule has 0 saturated heterocycles. The normalized spacial score (nSPS) is 13.7. The van der Waals surface area contributed by atoms with Gasteiger partial charge in [-0.25, -0.2) is 0 Å². The van der Waals surface area contributed by atoms with E-state index in [2.05, 4.69) is 5.32 Å². The molecule has 3 heteroatoms. The molecule has 0 bridgehead atoms. The molecule has 1 atom stereocenters. The molecule has 0 saturated carbocycles. The van der Waals surface area contributed by atoms with Crippen LogP contribution < -0.4 is 5.32 Å². The van der Waals surface area contributed by atoms with E-state index in [1.165, 1.54) is 0 Å². The van der Waals surface area contributed by atoms with E-state index in [-0.39, 0.29) is 6.61 Å². The molecule has 0 aliphatic rings. The molecule has 0 amide bonds. The highest BCUT2D eigenvalue weighted by atomic mass is 16.5. The third-order valence-corrected chi connectivity index (χ3v) is 1.25. The SMILES string of the molecule is CN[C@@H](CCO)COC. The van der Waals surface area contributed by atoms with Crippen molar-refractivity contribution in [1.29, 1.82) is 0 Å². The fraction of sp³-hybridized carbons (Fsp3) is 1.00. The Labute approximate surface area is 56.0 Å². The first kappa shape index (κ1) is 8.88. The van der Waals surface area contributed by atoms with Crippen LogP contribution in [0.2, 0.25) is 0 Å². The molecule has 3 nitrogen and oxygen atoms in total. The number of ether oxygens (including phenoxy) is 1. The molecule has 0 aromatic rings. The molecule has 0 fully saturated rings. The lowest BCUT2D eigenvalue weighted by Gasteiger charge is -2.12. The summed E-state index contributed by atoms with van der Waals surface area (Å²) in [7, 11) is 3.51. The molecular formula is C6H15NO2. The second-order valence-electron chi connectivity index (χ2n) is 1.95. The third kappa shape index (κ3) is 4.39. The molecule has 0 radical (unpaired) electrons. The van der Waals surface area contributed by atoms with Gasteiger partial charge in [0.1, 0.15) is 0 Å². The number of aliphatic hydroxyl groups excluding tert-OH is 1. The molecule has 0 spiro atoms. The highest BCUT2D eigenvalue weighted by Gasteiger charge is 2.01. The quantitative estimate of drug-likeness (QED) is 0.536. The van der Waals surface area contributed by atoms with E-state index < -0.39 is 0 Å². The molecule has 0 unspecified atom stereocenters. The van der Waals surface area contributed by atoms with Gasteiger partial charge in [0.25, 0.3) is 0 Å². The van der Waals surface area contributed by atoms with Crippen LogP contribution in [-0.2, 0) is 4.74 Å². The number of hydrogen-bond acceptors (Lipinski definition) is 3. The minimum absolute atomic E-state index is 0.217. The van der Waals surface area contributed by atoms with Gasteiger partial charge in [-0.15, -0.1) is 0 Å². The van der Waals surface area contributed by atoms with Crippen molar-refractivity contribution in [3.05, 3.63) is 0 Å². The number of aliphatic hydroxyl groups is 1. The lowest BCUT2D eigenvalue weighted by atomic mass is 10.2. The lowest BCUT2D eigenvalue weighted by molar-refractivity contribution is 0.152. The highest BCUT2D eigenvalue weighted by Crippen LogP contribution is 1.88. The monoisotopic (exact) mass is 133 g/mol. The van der Waals surface area contributed by atoms with Crippen molar-refractivity contribution in [2.45, 2.75) is 12.5 Å². The van der Waals surface area contributed by atoms with Crippen molar-refractivity contribution in [3.63, 3.8) is 0 Å². The summed E-state index contributed by atoms with van der Waals surface area (Å²) in [4.78, 5) is 0. The van der Waals surface area contributed by atoms with Crippen molar-refractivity contribution in [2.24, 2.45) is 0 Å². The second kappa shape index (κ2) is 6.01. The van der Waals surface area contributed by atoms with Crippen molar-refractivity contribution in [2.75, 3.05) is 27.4 Å². The van der Waals surface area contributed by atoms with Crippen LogP contribution in [0.1, 0.15) is 6.42 Å². The van der Waals surface area contributed by atoms with Crippen LogP contribution in [0.15, 0.2) is 0 Å². The minimum Gasteiger partial charge on any atom is -0.396 e. The molecule has 0 aromatic carbocycles. The predicted octanol–water partition coefficient (Wildman–Crippen LogP) is -0.397. The van der Waals surface area contributed by atoms with Gasteiger partial charge >= 0.3 is 0 Å². The Hall–Kier alpha value is -0.120. The molecular weight excluding hydrogens is 118 g/mol. The first-order chi connectivity index (χ1) is 4.35. The molecule has 9 heavy (non-hydrogen) atoms. The fourth-order valence-corrected chi connectivity index (χ4v) is 0.668. The molecule has 0 heterocycles. The molecule has 0 aliphatic carbocycles. The molecule has 0 aliphatic heterocycles.